The Morgan fingerprint density at radius 2 is 2.19 bits per heavy atom. The Balaban J connectivity index is 1.55. The summed E-state index contributed by atoms with van der Waals surface area (Å²) in [6, 6.07) is 8.22. The highest BCUT2D eigenvalue weighted by Crippen LogP contribution is 2.23. The fourth-order valence-electron chi connectivity index (χ4n) is 3.35. The summed E-state index contributed by atoms with van der Waals surface area (Å²) < 4.78 is 8.12. The van der Waals surface area contributed by atoms with Gasteiger partial charge in [-0.2, -0.15) is 0 Å². The quantitative estimate of drug-likeness (QED) is 0.639. The molecule has 0 atom stereocenters. The average Bonchev–Trinajstić information content (AvgIpc) is 3.28. The second kappa shape index (κ2) is 8.74. The highest BCUT2D eigenvalue weighted by molar-refractivity contribution is 5.79. The maximum atomic E-state index is 6.00. The van der Waals surface area contributed by atoms with E-state index in [2.05, 4.69) is 50.1 Å². The molecule has 1 aliphatic rings. The van der Waals surface area contributed by atoms with Crippen LogP contribution >= 0.6 is 0 Å². The highest BCUT2D eigenvalue weighted by atomic mass is 16.5. The molecule has 140 valence electrons. The molecule has 0 aromatic carbocycles. The molecular weight excluding hydrogens is 326 g/mol. The number of aromatic nitrogens is 2. The molecule has 0 unspecified atom stereocenters. The molecule has 2 aromatic rings. The molecule has 2 aromatic heterocycles. The number of hydrogen-bond donors (Lipinski definition) is 1. The molecule has 6 heteroatoms. The van der Waals surface area contributed by atoms with E-state index in [1.54, 1.807) is 0 Å². The standard InChI is InChI=1S/C20H29N5O/c1-21-20(25(3)15-17-7-6-12-24(17)2)23-14-16-10-11-22-19(13-16)26-18-8-4-5-9-18/h6-7,10-13,18H,4-5,8-9,14-15H2,1-3H3,(H,21,23). The third-order valence-corrected chi connectivity index (χ3v) is 4.86. The number of pyridine rings is 1. The Hall–Kier alpha value is -2.50. The van der Waals surface area contributed by atoms with Gasteiger partial charge < -0.3 is 19.5 Å². The number of nitrogens with zero attached hydrogens (tertiary/aromatic N) is 4. The van der Waals surface area contributed by atoms with E-state index in [9.17, 15) is 0 Å². The van der Waals surface area contributed by atoms with Gasteiger partial charge >= 0.3 is 0 Å². The Kier molecular flexibility index (Phi) is 6.15. The van der Waals surface area contributed by atoms with Crippen molar-refractivity contribution >= 4 is 5.96 Å². The van der Waals surface area contributed by atoms with E-state index in [1.165, 1.54) is 18.5 Å². The van der Waals surface area contributed by atoms with Crippen molar-refractivity contribution in [2.75, 3.05) is 14.1 Å². The van der Waals surface area contributed by atoms with Crippen LogP contribution in [0.15, 0.2) is 41.7 Å². The van der Waals surface area contributed by atoms with Gasteiger partial charge in [0.2, 0.25) is 5.88 Å². The van der Waals surface area contributed by atoms with Crippen molar-refractivity contribution < 1.29 is 4.74 Å². The molecule has 1 N–H and O–H groups in total. The number of guanidine groups is 1. The molecule has 0 aliphatic heterocycles. The molecule has 1 aliphatic carbocycles. The number of nitrogens with one attached hydrogen (secondary N) is 1. The molecule has 0 bridgehead atoms. The van der Waals surface area contributed by atoms with Crippen molar-refractivity contribution in [1.29, 1.82) is 0 Å². The zero-order valence-electron chi connectivity index (χ0n) is 16.0. The van der Waals surface area contributed by atoms with Crippen LogP contribution in [-0.4, -0.2) is 40.6 Å². The molecule has 26 heavy (non-hydrogen) atoms. The summed E-state index contributed by atoms with van der Waals surface area (Å²) in [5.74, 6) is 1.59. The molecule has 1 fully saturated rings. The van der Waals surface area contributed by atoms with E-state index in [0.717, 1.165) is 36.8 Å². The monoisotopic (exact) mass is 355 g/mol. The lowest BCUT2D eigenvalue weighted by atomic mass is 10.2. The van der Waals surface area contributed by atoms with Crippen LogP contribution in [0, 0.1) is 0 Å². The Morgan fingerprint density at radius 1 is 1.38 bits per heavy atom. The molecule has 0 saturated heterocycles. The molecule has 2 heterocycles. The van der Waals surface area contributed by atoms with Crippen LogP contribution in [0.5, 0.6) is 5.88 Å². The van der Waals surface area contributed by atoms with Crippen LogP contribution in [0.4, 0.5) is 0 Å². The van der Waals surface area contributed by atoms with Gasteiger partial charge in [0.05, 0.1) is 6.54 Å². The van der Waals surface area contributed by atoms with Gasteiger partial charge in [-0.1, -0.05) is 0 Å². The minimum absolute atomic E-state index is 0.329. The number of rotatable bonds is 6. The highest BCUT2D eigenvalue weighted by Gasteiger charge is 2.17. The predicted octanol–water partition coefficient (Wildman–Crippen LogP) is 2.95. The zero-order valence-corrected chi connectivity index (χ0v) is 16.0. The van der Waals surface area contributed by atoms with Gasteiger partial charge in [0.25, 0.3) is 0 Å². The number of aliphatic imine (C=N–C) groups is 1. The molecule has 6 nitrogen and oxygen atoms in total. The zero-order chi connectivity index (χ0) is 18.4. The van der Waals surface area contributed by atoms with Crippen molar-refractivity contribution in [2.45, 2.75) is 44.9 Å². The molecule has 1 saturated carbocycles. The van der Waals surface area contributed by atoms with Gasteiger partial charge in [0.1, 0.15) is 6.10 Å². The first-order chi connectivity index (χ1) is 12.7. The number of hydrogen-bond acceptors (Lipinski definition) is 3. The van der Waals surface area contributed by atoms with Gasteiger partial charge in [0, 0.05) is 51.8 Å². The second-order valence-electron chi connectivity index (χ2n) is 6.89. The minimum atomic E-state index is 0.329. The summed E-state index contributed by atoms with van der Waals surface area (Å²) in [7, 11) is 5.91. The van der Waals surface area contributed by atoms with Crippen LogP contribution in [0.2, 0.25) is 0 Å². The third kappa shape index (κ3) is 4.77. The summed E-state index contributed by atoms with van der Waals surface area (Å²) in [6.45, 7) is 1.49. The predicted molar refractivity (Wildman–Crippen MR) is 104 cm³/mol. The summed E-state index contributed by atoms with van der Waals surface area (Å²) in [4.78, 5) is 10.9. The smallest absolute Gasteiger partial charge is 0.213 e. The van der Waals surface area contributed by atoms with Crippen molar-refractivity contribution in [3.63, 3.8) is 0 Å². The van der Waals surface area contributed by atoms with Crippen molar-refractivity contribution in [1.82, 2.24) is 19.8 Å². The van der Waals surface area contributed by atoms with Crippen LogP contribution in [0.25, 0.3) is 0 Å². The van der Waals surface area contributed by atoms with Gasteiger partial charge in [-0.25, -0.2) is 4.98 Å². The van der Waals surface area contributed by atoms with E-state index in [4.69, 9.17) is 4.74 Å². The van der Waals surface area contributed by atoms with E-state index < -0.39 is 0 Å². The largest absolute Gasteiger partial charge is 0.474 e. The van der Waals surface area contributed by atoms with Crippen LogP contribution < -0.4 is 10.1 Å². The fourth-order valence-corrected chi connectivity index (χ4v) is 3.35. The summed E-state index contributed by atoms with van der Waals surface area (Å²) in [5.41, 5.74) is 2.38. The minimum Gasteiger partial charge on any atom is -0.474 e. The fraction of sp³-hybridized carbons (Fsp3) is 0.500. The van der Waals surface area contributed by atoms with E-state index >= 15 is 0 Å². The van der Waals surface area contributed by atoms with E-state index in [-0.39, 0.29) is 0 Å². The van der Waals surface area contributed by atoms with E-state index in [1.807, 2.05) is 32.4 Å². The Morgan fingerprint density at radius 3 is 2.88 bits per heavy atom. The first-order valence-electron chi connectivity index (χ1n) is 9.29. The molecule has 0 spiro atoms. The topological polar surface area (TPSA) is 54.7 Å². The molecule has 0 amide bonds. The Labute approximate surface area is 155 Å². The van der Waals surface area contributed by atoms with Crippen LogP contribution in [0.3, 0.4) is 0 Å². The summed E-state index contributed by atoms with van der Waals surface area (Å²) in [5, 5.41) is 3.42. The maximum Gasteiger partial charge on any atom is 0.213 e. The number of ether oxygens (including phenoxy) is 1. The molecule has 3 rings (SSSR count). The first-order valence-corrected chi connectivity index (χ1v) is 9.29. The third-order valence-electron chi connectivity index (χ3n) is 4.86. The van der Waals surface area contributed by atoms with Gasteiger partial charge in [-0.3, -0.25) is 4.99 Å². The van der Waals surface area contributed by atoms with Gasteiger partial charge in [-0.05, 0) is 49.4 Å². The summed E-state index contributed by atoms with van der Waals surface area (Å²) >= 11 is 0. The SMILES string of the molecule is CN=C(NCc1ccnc(OC2CCCC2)c1)N(C)Cc1cccn1C. The normalized spacial score (nSPS) is 15.3. The lowest BCUT2D eigenvalue weighted by Gasteiger charge is -2.22. The molecule has 0 radical (unpaired) electrons. The van der Waals surface area contributed by atoms with Gasteiger partial charge in [0.15, 0.2) is 5.96 Å². The van der Waals surface area contributed by atoms with Crippen molar-refractivity contribution in [2.24, 2.45) is 12.0 Å². The summed E-state index contributed by atoms with van der Waals surface area (Å²) in [6.07, 6.45) is 9.00. The van der Waals surface area contributed by atoms with Gasteiger partial charge in [-0.15, -0.1) is 0 Å². The lowest BCUT2D eigenvalue weighted by molar-refractivity contribution is 0.201. The first kappa shape index (κ1) is 18.3. The van der Waals surface area contributed by atoms with Crippen molar-refractivity contribution in [3.8, 4) is 5.88 Å². The molecular formula is C20H29N5O. The second-order valence-corrected chi connectivity index (χ2v) is 6.89. The van der Waals surface area contributed by atoms with E-state index in [0.29, 0.717) is 12.6 Å². The van der Waals surface area contributed by atoms with Crippen molar-refractivity contribution in [3.05, 3.63) is 47.9 Å². The maximum absolute atomic E-state index is 6.00. The Bertz CT molecular complexity index is 733. The average molecular weight is 355 g/mol. The lowest BCUT2D eigenvalue weighted by Crippen LogP contribution is -2.38. The number of aryl methyl sites for hydroxylation is 1. The van der Waals surface area contributed by atoms with Crippen LogP contribution in [-0.2, 0) is 20.1 Å². The van der Waals surface area contributed by atoms with Crippen LogP contribution in [0.1, 0.15) is 36.9 Å².